The van der Waals surface area contributed by atoms with Crippen molar-refractivity contribution >= 4 is 34.6 Å². The van der Waals surface area contributed by atoms with E-state index >= 15 is 0 Å². The van der Waals surface area contributed by atoms with Gasteiger partial charge in [-0.15, -0.1) is 0 Å². The predicted octanol–water partition coefficient (Wildman–Crippen LogP) is 6.25. The highest BCUT2D eigenvalue weighted by Crippen LogP contribution is 2.22. The van der Waals surface area contributed by atoms with Gasteiger partial charge in [0.2, 0.25) is 5.91 Å². The number of nitrogens with one attached hydrogen (secondary N) is 3. The van der Waals surface area contributed by atoms with Crippen LogP contribution in [-0.4, -0.2) is 11.8 Å². The Morgan fingerprint density at radius 1 is 0.576 bits per heavy atom. The second-order valence-corrected chi connectivity index (χ2v) is 7.60. The molecule has 5 heteroatoms. The van der Waals surface area contributed by atoms with Gasteiger partial charge in [-0.2, -0.15) is 0 Å². The minimum absolute atomic E-state index is 0.0449. The second-order valence-electron chi connectivity index (χ2n) is 7.60. The molecule has 0 aliphatic heterocycles. The molecule has 5 nitrogen and oxygen atoms in total. The topological polar surface area (TPSA) is 70.2 Å². The Morgan fingerprint density at radius 2 is 1.15 bits per heavy atom. The number of para-hydroxylation sites is 2. The van der Waals surface area contributed by atoms with Crippen molar-refractivity contribution in [3.63, 3.8) is 0 Å². The minimum atomic E-state index is -0.214. The molecule has 2 amide bonds. The SMILES string of the molecule is O=C(CCc1ccccc1)Nc1ccc(NC(=O)c2ccccc2Nc2ccccc2)cc1. The molecule has 33 heavy (non-hydrogen) atoms. The maximum absolute atomic E-state index is 12.9. The molecule has 4 aromatic rings. The van der Waals surface area contributed by atoms with Gasteiger partial charge in [-0.3, -0.25) is 9.59 Å². The lowest BCUT2D eigenvalue weighted by Gasteiger charge is -2.13. The van der Waals surface area contributed by atoms with Gasteiger partial charge in [0.15, 0.2) is 0 Å². The predicted molar refractivity (Wildman–Crippen MR) is 134 cm³/mol. The van der Waals surface area contributed by atoms with Crippen LogP contribution in [0.1, 0.15) is 22.3 Å². The smallest absolute Gasteiger partial charge is 0.257 e. The molecular weight excluding hydrogens is 410 g/mol. The number of aryl methyl sites for hydroxylation is 1. The number of carbonyl (C=O) groups is 2. The van der Waals surface area contributed by atoms with Gasteiger partial charge >= 0.3 is 0 Å². The Balaban J connectivity index is 1.34. The van der Waals surface area contributed by atoms with Crippen LogP contribution < -0.4 is 16.0 Å². The van der Waals surface area contributed by atoms with Crippen LogP contribution in [0.2, 0.25) is 0 Å². The Hall–Kier alpha value is -4.38. The van der Waals surface area contributed by atoms with E-state index in [1.54, 1.807) is 30.3 Å². The number of amides is 2. The fraction of sp³-hybridized carbons (Fsp3) is 0.0714. The molecule has 0 unspecified atom stereocenters. The summed E-state index contributed by atoms with van der Waals surface area (Å²) in [5.41, 5.74) is 4.65. The van der Waals surface area contributed by atoms with E-state index in [4.69, 9.17) is 0 Å². The van der Waals surface area contributed by atoms with Gasteiger partial charge in [-0.05, 0) is 60.5 Å². The Morgan fingerprint density at radius 3 is 1.85 bits per heavy atom. The second kappa shape index (κ2) is 10.8. The maximum Gasteiger partial charge on any atom is 0.257 e. The fourth-order valence-corrected chi connectivity index (χ4v) is 3.43. The first-order valence-corrected chi connectivity index (χ1v) is 10.8. The first-order valence-electron chi connectivity index (χ1n) is 10.8. The van der Waals surface area contributed by atoms with Crippen molar-refractivity contribution in [2.24, 2.45) is 0 Å². The summed E-state index contributed by atoms with van der Waals surface area (Å²) in [6, 6.07) is 34.1. The highest BCUT2D eigenvalue weighted by molar-refractivity contribution is 6.08. The lowest BCUT2D eigenvalue weighted by molar-refractivity contribution is -0.116. The molecule has 0 fully saturated rings. The summed E-state index contributed by atoms with van der Waals surface area (Å²) in [6.07, 6.45) is 1.10. The van der Waals surface area contributed by atoms with E-state index in [1.165, 1.54) is 0 Å². The molecular formula is C28H25N3O2. The summed E-state index contributed by atoms with van der Waals surface area (Å²) >= 11 is 0. The van der Waals surface area contributed by atoms with E-state index in [0.29, 0.717) is 29.8 Å². The van der Waals surface area contributed by atoms with Crippen LogP contribution in [0, 0.1) is 0 Å². The van der Waals surface area contributed by atoms with Crippen LogP contribution in [0.4, 0.5) is 22.7 Å². The molecule has 4 aromatic carbocycles. The van der Waals surface area contributed by atoms with E-state index in [2.05, 4.69) is 16.0 Å². The van der Waals surface area contributed by atoms with Gasteiger partial charge in [0.25, 0.3) is 5.91 Å². The number of hydrogen-bond donors (Lipinski definition) is 3. The van der Waals surface area contributed by atoms with Crippen LogP contribution in [-0.2, 0) is 11.2 Å². The average Bonchev–Trinajstić information content (AvgIpc) is 2.85. The molecule has 0 saturated heterocycles. The molecule has 0 aliphatic carbocycles. The van der Waals surface area contributed by atoms with Crippen molar-refractivity contribution < 1.29 is 9.59 Å². The van der Waals surface area contributed by atoms with Crippen molar-refractivity contribution in [2.45, 2.75) is 12.8 Å². The van der Waals surface area contributed by atoms with E-state index in [1.807, 2.05) is 78.9 Å². The van der Waals surface area contributed by atoms with Crippen molar-refractivity contribution in [2.75, 3.05) is 16.0 Å². The number of anilines is 4. The van der Waals surface area contributed by atoms with Gasteiger partial charge in [0.05, 0.1) is 11.3 Å². The van der Waals surface area contributed by atoms with Crippen LogP contribution in [0.25, 0.3) is 0 Å². The third-order valence-corrected chi connectivity index (χ3v) is 5.13. The monoisotopic (exact) mass is 435 g/mol. The summed E-state index contributed by atoms with van der Waals surface area (Å²) in [5, 5.41) is 9.10. The van der Waals surface area contributed by atoms with Gasteiger partial charge in [-0.1, -0.05) is 60.7 Å². The van der Waals surface area contributed by atoms with E-state index < -0.39 is 0 Å². The zero-order valence-corrected chi connectivity index (χ0v) is 18.1. The molecule has 0 bridgehead atoms. The molecule has 0 heterocycles. The fourth-order valence-electron chi connectivity index (χ4n) is 3.43. The lowest BCUT2D eigenvalue weighted by Crippen LogP contribution is -2.14. The average molecular weight is 436 g/mol. The highest BCUT2D eigenvalue weighted by Gasteiger charge is 2.12. The van der Waals surface area contributed by atoms with Crippen LogP contribution in [0.3, 0.4) is 0 Å². The maximum atomic E-state index is 12.9. The Labute approximate surface area is 193 Å². The van der Waals surface area contributed by atoms with Gasteiger partial charge in [0, 0.05) is 23.5 Å². The van der Waals surface area contributed by atoms with Crippen molar-refractivity contribution in [1.82, 2.24) is 0 Å². The van der Waals surface area contributed by atoms with E-state index in [0.717, 1.165) is 16.9 Å². The molecule has 0 saturated carbocycles. The molecule has 4 rings (SSSR count). The molecule has 164 valence electrons. The summed E-state index contributed by atoms with van der Waals surface area (Å²) in [6.45, 7) is 0. The number of rotatable bonds is 8. The van der Waals surface area contributed by atoms with Crippen LogP contribution in [0.5, 0.6) is 0 Å². The molecule has 0 aliphatic rings. The summed E-state index contributed by atoms with van der Waals surface area (Å²) in [5.74, 6) is -0.259. The van der Waals surface area contributed by atoms with Crippen molar-refractivity contribution in [1.29, 1.82) is 0 Å². The first-order chi connectivity index (χ1) is 16.2. The summed E-state index contributed by atoms with van der Waals surface area (Å²) < 4.78 is 0. The zero-order valence-electron chi connectivity index (χ0n) is 18.1. The Kier molecular flexibility index (Phi) is 7.13. The van der Waals surface area contributed by atoms with E-state index in [9.17, 15) is 9.59 Å². The number of benzene rings is 4. The Bertz CT molecular complexity index is 1210. The molecule has 0 aromatic heterocycles. The highest BCUT2D eigenvalue weighted by atomic mass is 16.2. The van der Waals surface area contributed by atoms with Crippen LogP contribution in [0.15, 0.2) is 109 Å². The summed E-state index contributed by atoms with van der Waals surface area (Å²) in [7, 11) is 0. The molecule has 0 spiro atoms. The lowest BCUT2D eigenvalue weighted by atomic mass is 10.1. The van der Waals surface area contributed by atoms with Crippen molar-refractivity contribution in [3.05, 3.63) is 120 Å². The summed E-state index contributed by atoms with van der Waals surface area (Å²) in [4.78, 5) is 25.1. The minimum Gasteiger partial charge on any atom is -0.355 e. The standard InChI is InChI=1S/C28H25N3O2/c32-27(20-15-21-9-3-1-4-10-21)30-23-16-18-24(19-17-23)31-28(33)25-13-7-8-14-26(25)29-22-11-5-2-6-12-22/h1-14,16-19,29H,15,20H2,(H,30,32)(H,31,33). The molecule has 0 radical (unpaired) electrons. The zero-order chi connectivity index (χ0) is 22.9. The normalized spacial score (nSPS) is 10.3. The quantitative estimate of drug-likeness (QED) is 0.306. The van der Waals surface area contributed by atoms with Gasteiger partial charge < -0.3 is 16.0 Å². The van der Waals surface area contributed by atoms with Crippen molar-refractivity contribution in [3.8, 4) is 0 Å². The first kappa shape index (κ1) is 21.8. The van der Waals surface area contributed by atoms with E-state index in [-0.39, 0.29) is 11.8 Å². The third kappa shape index (κ3) is 6.31. The third-order valence-electron chi connectivity index (χ3n) is 5.13. The van der Waals surface area contributed by atoms with Gasteiger partial charge in [-0.25, -0.2) is 0 Å². The number of carbonyl (C=O) groups excluding carboxylic acids is 2. The van der Waals surface area contributed by atoms with Gasteiger partial charge in [0.1, 0.15) is 0 Å². The molecule has 3 N–H and O–H groups in total. The number of hydrogen-bond acceptors (Lipinski definition) is 3. The molecule has 0 atom stereocenters. The largest absolute Gasteiger partial charge is 0.355 e. The van der Waals surface area contributed by atoms with Crippen LogP contribution >= 0.6 is 0 Å².